The van der Waals surface area contributed by atoms with Crippen LogP contribution in [0.15, 0.2) is 41.0 Å². The Labute approximate surface area is 126 Å². The lowest BCUT2D eigenvalue weighted by atomic mass is 10.1. The molecule has 2 N–H and O–H groups in total. The Bertz CT molecular complexity index is 589. The number of aromatic nitrogens is 1. The van der Waals surface area contributed by atoms with Crippen molar-refractivity contribution in [2.24, 2.45) is 5.73 Å². The maximum Gasteiger partial charge on any atom is 0.166 e. The number of hydrogen-bond donors (Lipinski definition) is 1. The molecule has 0 aliphatic rings. The zero-order valence-corrected chi connectivity index (χ0v) is 12.9. The fraction of sp³-hybridized carbons (Fsp3) is 0.267. The van der Waals surface area contributed by atoms with Crippen LogP contribution < -0.4 is 10.6 Å². The Balaban J connectivity index is 2.29. The van der Waals surface area contributed by atoms with Crippen LogP contribution in [0.4, 0.5) is 10.2 Å². The molecule has 0 amide bonds. The number of nitrogens with zero attached hydrogens (tertiary/aromatic N) is 2. The third kappa shape index (κ3) is 3.35. The Hall–Kier alpha value is -1.46. The lowest BCUT2D eigenvalue weighted by Crippen LogP contribution is -2.25. The van der Waals surface area contributed by atoms with Crippen LogP contribution in [0, 0.1) is 5.82 Å². The summed E-state index contributed by atoms with van der Waals surface area (Å²) in [6.45, 7) is 3.72. The van der Waals surface area contributed by atoms with E-state index in [2.05, 4.69) is 20.9 Å². The van der Waals surface area contributed by atoms with Gasteiger partial charge in [0, 0.05) is 30.3 Å². The Morgan fingerprint density at radius 1 is 1.30 bits per heavy atom. The smallest absolute Gasteiger partial charge is 0.166 e. The van der Waals surface area contributed by atoms with Crippen molar-refractivity contribution < 1.29 is 4.39 Å². The number of rotatable bonds is 5. The van der Waals surface area contributed by atoms with Crippen LogP contribution >= 0.6 is 15.9 Å². The van der Waals surface area contributed by atoms with Crippen molar-refractivity contribution >= 4 is 21.7 Å². The van der Waals surface area contributed by atoms with Gasteiger partial charge in [-0.15, -0.1) is 0 Å². The summed E-state index contributed by atoms with van der Waals surface area (Å²) in [5.74, 6) is 0.0361. The molecule has 0 aliphatic heterocycles. The first kappa shape index (κ1) is 14.9. The van der Waals surface area contributed by atoms with E-state index in [0.717, 1.165) is 11.1 Å². The van der Waals surface area contributed by atoms with Crippen molar-refractivity contribution in [3.8, 4) is 0 Å². The van der Waals surface area contributed by atoms with E-state index in [4.69, 9.17) is 5.73 Å². The second kappa shape index (κ2) is 6.81. The maximum absolute atomic E-state index is 14.0. The van der Waals surface area contributed by atoms with Crippen molar-refractivity contribution in [2.45, 2.75) is 20.0 Å². The van der Waals surface area contributed by atoms with Gasteiger partial charge in [-0.3, -0.25) is 0 Å². The number of pyridine rings is 1. The van der Waals surface area contributed by atoms with Crippen LogP contribution in [0.3, 0.4) is 0 Å². The monoisotopic (exact) mass is 337 g/mol. The largest absolute Gasteiger partial charge is 0.350 e. The summed E-state index contributed by atoms with van der Waals surface area (Å²) < 4.78 is 14.7. The van der Waals surface area contributed by atoms with Gasteiger partial charge < -0.3 is 10.6 Å². The van der Waals surface area contributed by atoms with Gasteiger partial charge in [-0.05, 0) is 40.0 Å². The Kier molecular flexibility index (Phi) is 5.09. The number of nitrogens with two attached hydrogens (primary N) is 1. The van der Waals surface area contributed by atoms with Crippen molar-refractivity contribution in [2.75, 3.05) is 11.4 Å². The molecule has 0 atom stereocenters. The zero-order valence-electron chi connectivity index (χ0n) is 11.3. The number of anilines is 1. The number of halogens is 2. The molecule has 0 unspecified atom stereocenters. The predicted molar refractivity (Wildman–Crippen MR) is 83.0 cm³/mol. The van der Waals surface area contributed by atoms with Crippen molar-refractivity contribution in [1.29, 1.82) is 0 Å². The summed E-state index contributed by atoms with van der Waals surface area (Å²) in [4.78, 5) is 6.07. The molecule has 0 bridgehead atoms. The van der Waals surface area contributed by atoms with Gasteiger partial charge in [-0.2, -0.15) is 0 Å². The Morgan fingerprint density at radius 3 is 2.60 bits per heavy atom. The molecule has 20 heavy (non-hydrogen) atoms. The van der Waals surface area contributed by atoms with E-state index in [9.17, 15) is 4.39 Å². The first-order chi connectivity index (χ1) is 9.65. The van der Waals surface area contributed by atoms with Gasteiger partial charge in [0.1, 0.15) is 0 Å². The fourth-order valence-electron chi connectivity index (χ4n) is 2.09. The van der Waals surface area contributed by atoms with Gasteiger partial charge in [-0.25, -0.2) is 9.37 Å². The second-order valence-electron chi connectivity index (χ2n) is 4.45. The summed E-state index contributed by atoms with van der Waals surface area (Å²) >= 11 is 3.22. The highest BCUT2D eigenvalue weighted by atomic mass is 79.9. The molecule has 106 valence electrons. The average molecular weight is 338 g/mol. The zero-order chi connectivity index (χ0) is 14.5. The molecule has 1 aromatic heterocycles. The van der Waals surface area contributed by atoms with E-state index in [-0.39, 0.29) is 5.82 Å². The molecule has 0 spiro atoms. The van der Waals surface area contributed by atoms with Gasteiger partial charge in [0.25, 0.3) is 0 Å². The van der Waals surface area contributed by atoms with Crippen LogP contribution in [-0.4, -0.2) is 11.5 Å². The molecular weight excluding hydrogens is 321 g/mol. The van der Waals surface area contributed by atoms with E-state index in [0.29, 0.717) is 29.9 Å². The van der Waals surface area contributed by atoms with Crippen LogP contribution in [-0.2, 0) is 13.1 Å². The van der Waals surface area contributed by atoms with E-state index in [1.807, 2.05) is 36.1 Å². The molecule has 1 heterocycles. The third-order valence-electron chi connectivity index (χ3n) is 3.17. The molecule has 5 heteroatoms. The topological polar surface area (TPSA) is 42.1 Å². The highest BCUT2D eigenvalue weighted by Crippen LogP contribution is 2.22. The summed E-state index contributed by atoms with van der Waals surface area (Å²) in [5.41, 5.74) is 7.91. The molecule has 0 saturated heterocycles. The number of benzene rings is 1. The highest BCUT2D eigenvalue weighted by molar-refractivity contribution is 9.10. The molecule has 0 fully saturated rings. The average Bonchev–Trinajstić information content (AvgIpc) is 2.46. The summed E-state index contributed by atoms with van der Waals surface area (Å²) in [6, 6.07) is 9.37. The van der Waals surface area contributed by atoms with Crippen LogP contribution in [0.1, 0.15) is 18.1 Å². The van der Waals surface area contributed by atoms with Crippen LogP contribution in [0.5, 0.6) is 0 Å². The van der Waals surface area contributed by atoms with Crippen molar-refractivity contribution in [3.05, 3.63) is 57.9 Å². The quantitative estimate of drug-likeness (QED) is 0.908. The fourth-order valence-corrected chi connectivity index (χ4v) is 2.40. The first-order valence-corrected chi connectivity index (χ1v) is 7.27. The minimum Gasteiger partial charge on any atom is -0.350 e. The van der Waals surface area contributed by atoms with Crippen LogP contribution in [0.25, 0.3) is 0 Å². The molecular formula is C15H17BrFN3. The normalized spacial score (nSPS) is 10.6. The Morgan fingerprint density at radius 2 is 2.00 bits per heavy atom. The minimum atomic E-state index is -0.327. The summed E-state index contributed by atoms with van der Waals surface area (Å²) in [5, 5.41) is 0. The van der Waals surface area contributed by atoms with E-state index < -0.39 is 0 Å². The predicted octanol–water partition coefficient (Wildman–Crippen LogP) is 3.47. The maximum atomic E-state index is 14.0. The van der Waals surface area contributed by atoms with Crippen molar-refractivity contribution in [1.82, 2.24) is 4.98 Å². The minimum absolute atomic E-state index is 0.327. The summed E-state index contributed by atoms with van der Waals surface area (Å²) in [7, 11) is 0. The molecule has 0 aliphatic carbocycles. The molecule has 0 saturated carbocycles. The van der Waals surface area contributed by atoms with Gasteiger partial charge in [0.2, 0.25) is 0 Å². The van der Waals surface area contributed by atoms with Crippen molar-refractivity contribution in [3.63, 3.8) is 0 Å². The molecule has 2 aromatic rings. The van der Waals surface area contributed by atoms with E-state index >= 15 is 0 Å². The molecule has 2 rings (SSSR count). The van der Waals surface area contributed by atoms with E-state index in [1.165, 1.54) is 6.07 Å². The SMILES string of the molecule is CCN(Cc1ccccc1CN)c1ncc(Br)cc1F. The second-order valence-corrected chi connectivity index (χ2v) is 5.36. The highest BCUT2D eigenvalue weighted by Gasteiger charge is 2.13. The van der Waals surface area contributed by atoms with Gasteiger partial charge >= 0.3 is 0 Å². The van der Waals surface area contributed by atoms with Gasteiger partial charge in [-0.1, -0.05) is 24.3 Å². The van der Waals surface area contributed by atoms with Gasteiger partial charge in [0.15, 0.2) is 11.6 Å². The lowest BCUT2D eigenvalue weighted by Gasteiger charge is -2.23. The molecule has 1 aromatic carbocycles. The molecule has 3 nitrogen and oxygen atoms in total. The summed E-state index contributed by atoms with van der Waals surface area (Å²) in [6.07, 6.45) is 1.61. The molecule has 0 radical (unpaired) electrons. The van der Waals surface area contributed by atoms with E-state index in [1.54, 1.807) is 6.20 Å². The standard InChI is InChI=1S/C15H17BrFN3/c1-2-20(15-14(17)7-13(16)9-19-15)10-12-6-4-3-5-11(12)8-18/h3-7,9H,2,8,10,18H2,1H3. The lowest BCUT2D eigenvalue weighted by molar-refractivity contribution is 0.608. The number of hydrogen-bond acceptors (Lipinski definition) is 3. The van der Waals surface area contributed by atoms with Gasteiger partial charge in [0.05, 0.1) is 0 Å². The first-order valence-electron chi connectivity index (χ1n) is 6.48. The van der Waals surface area contributed by atoms with Crippen LogP contribution in [0.2, 0.25) is 0 Å². The third-order valence-corrected chi connectivity index (χ3v) is 3.60.